The van der Waals surface area contributed by atoms with Crippen LogP contribution in [0.4, 0.5) is 39.4 Å². The van der Waals surface area contributed by atoms with Gasteiger partial charge in [0.05, 0.1) is 30.6 Å². The lowest BCUT2D eigenvalue weighted by Gasteiger charge is -2.28. The van der Waals surface area contributed by atoms with Gasteiger partial charge in [0.2, 0.25) is 11.8 Å². The number of pyridine rings is 1. The van der Waals surface area contributed by atoms with Crippen LogP contribution in [0.1, 0.15) is 37.8 Å². The Morgan fingerprint density at radius 3 is 2.59 bits per heavy atom. The maximum absolute atomic E-state index is 16.5. The zero-order chi connectivity index (χ0) is 29.5. The molecule has 1 saturated heterocycles. The molecule has 41 heavy (non-hydrogen) atoms. The van der Waals surface area contributed by atoms with Gasteiger partial charge in [-0.25, -0.2) is 18.7 Å². The number of rotatable bonds is 2. The Hall–Kier alpha value is -3.94. The number of ether oxygens (including phenoxy) is 1. The highest BCUT2D eigenvalue weighted by Crippen LogP contribution is 2.44. The van der Waals surface area contributed by atoms with E-state index in [1.165, 1.54) is 0 Å². The van der Waals surface area contributed by atoms with E-state index in [2.05, 4.69) is 30.9 Å². The molecule has 0 spiro atoms. The first kappa shape index (κ1) is 28.6. The minimum atomic E-state index is -5.03. The van der Waals surface area contributed by atoms with E-state index in [-0.39, 0.29) is 28.5 Å². The number of alkyl halides is 3. The Kier molecular flexibility index (Phi) is 7.77. The van der Waals surface area contributed by atoms with E-state index < -0.39 is 52.0 Å². The maximum atomic E-state index is 16.5. The molecule has 0 aliphatic carbocycles. The number of aromatic nitrogens is 3. The molecule has 1 aromatic carbocycles. The van der Waals surface area contributed by atoms with Crippen LogP contribution >= 0.6 is 0 Å². The number of hydrogen-bond acceptors (Lipinski definition) is 9. The molecule has 0 unspecified atom stereocenters. The van der Waals surface area contributed by atoms with Crippen molar-refractivity contribution in [1.29, 1.82) is 0 Å². The molecule has 1 atom stereocenters. The second-order valence-electron chi connectivity index (χ2n) is 10.1. The highest BCUT2D eigenvalue weighted by Gasteiger charge is 2.39. The summed E-state index contributed by atoms with van der Waals surface area (Å²) in [6, 6.07) is 0.752. The fraction of sp³-hybridized carbons (Fsp3) is 0.444. The zero-order valence-electron chi connectivity index (χ0n) is 22.8. The van der Waals surface area contributed by atoms with Gasteiger partial charge in [-0.2, -0.15) is 18.2 Å². The van der Waals surface area contributed by atoms with Crippen molar-refractivity contribution in [3.8, 4) is 17.1 Å². The van der Waals surface area contributed by atoms with Gasteiger partial charge in [0.1, 0.15) is 28.2 Å². The normalized spacial score (nSPS) is 19.4. The third kappa shape index (κ3) is 5.52. The van der Waals surface area contributed by atoms with Crippen LogP contribution in [0.3, 0.4) is 0 Å². The summed E-state index contributed by atoms with van der Waals surface area (Å²) in [5, 5.41) is 9.81. The Morgan fingerprint density at radius 1 is 1.12 bits per heavy atom. The summed E-state index contributed by atoms with van der Waals surface area (Å²) in [7, 11) is 0. The van der Waals surface area contributed by atoms with E-state index in [0.29, 0.717) is 32.7 Å². The molecule has 220 valence electrons. The van der Waals surface area contributed by atoms with Crippen LogP contribution in [0.25, 0.3) is 22.2 Å². The summed E-state index contributed by atoms with van der Waals surface area (Å²) in [5.74, 6) is -2.12. The average molecular weight is 579 g/mol. The van der Waals surface area contributed by atoms with Crippen molar-refractivity contribution in [2.45, 2.75) is 45.9 Å². The highest BCUT2D eigenvalue weighted by atomic mass is 19.4. The van der Waals surface area contributed by atoms with Gasteiger partial charge >= 0.3 is 6.18 Å². The van der Waals surface area contributed by atoms with Crippen molar-refractivity contribution in [3.05, 3.63) is 40.6 Å². The van der Waals surface area contributed by atoms with Gasteiger partial charge in [-0.15, -0.1) is 0 Å². The van der Waals surface area contributed by atoms with Crippen molar-refractivity contribution in [3.63, 3.8) is 0 Å². The first-order chi connectivity index (χ1) is 19.5. The lowest BCUT2D eigenvalue weighted by atomic mass is 9.96. The van der Waals surface area contributed by atoms with Crippen LogP contribution in [0, 0.1) is 18.6 Å². The third-order valence-corrected chi connectivity index (χ3v) is 7.18. The second kappa shape index (κ2) is 11.1. The predicted octanol–water partition coefficient (Wildman–Crippen LogP) is 4.71. The van der Waals surface area contributed by atoms with Crippen LogP contribution in [0.2, 0.25) is 0 Å². The number of benzene rings is 1. The number of anilines is 3. The summed E-state index contributed by atoms with van der Waals surface area (Å²) < 4.78 is 79.9. The molecule has 1 fully saturated rings. The van der Waals surface area contributed by atoms with Crippen molar-refractivity contribution in [2.75, 3.05) is 48.8 Å². The molecular formula is C27H31F5N8O. The Balaban J connectivity index is 1.84. The number of nitrogens with two attached hydrogens (primary N) is 1. The van der Waals surface area contributed by atoms with Gasteiger partial charge < -0.3 is 26.0 Å². The highest BCUT2D eigenvalue weighted by molar-refractivity contribution is 5.97. The summed E-state index contributed by atoms with van der Waals surface area (Å²) in [4.78, 5) is 15.2. The largest absolute Gasteiger partial charge is 0.474 e. The summed E-state index contributed by atoms with van der Waals surface area (Å²) in [6.45, 7) is 7.22. The van der Waals surface area contributed by atoms with Gasteiger partial charge in [0.25, 0.3) is 0 Å². The van der Waals surface area contributed by atoms with E-state index in [9.17, 15) is 17.6 Å². The molecule has 5 N–H and O–H groups in total. The van der Waals surface area contributed by atoms with Crippen molar-refractivity contribution in [2.24, 2.45) is 0 Å². The van der Waals surface area contributed by atoms with E-state index in [1.807, 2.05) is 17.9 Å². The molecule has 2 aromatic heterocycles. The van der Waals surface area contributed by atoms with Crippen LogP contribution < -0.4 is 31.3 Å². The smallest absolute Gasteiger partial charge is 0.417 e. The van der Waals surface area contributed by atoms with Crippen LogP contribution in [0.15, 0.2) is 17.8 Å². The molecule has 0 amide bonds. The minimum absolute atomic E-state index is 0.0875. The van der Waals surface area contributed by atoms with E-state index in [4.69, 9.17) is 10.5 Å². The SMILES string of the molecule is C/C=C1/CNc2nc(N3CCCNC3)nc3c(F)c(-c4cc(N)c(F)c(C)c4C(F)(F)F)nc(c23)O[C@@H](C)CCN1. The molecule has 2 aliphatic heterocycles. The van der Waals surface area contributed by atoms with Crippen LogP contribution in [-0.2, 0) is 6.18 Å². The van der Waals surface area contributed by atoms with Gasteiger partial charge in [-0.05, 0) is 45.4 Å². The Labute approximate surface area is 233 Å². The quantitative estimate of drug-likeness (QED) is 0.254. The topological polar surface area (TPSA) is 113 Å². The van der Waals surface area contributed by atoms with E-state index >= 15 is 4.39 Å². The van der Waals surface area contributed by atoms with Crippen molar-refractivity contribution < 1.29 is 26.7 Å². The van der Waals surface area contributed by atoms with Crippen molar-refractivity contribution >= 4 is 28.4 Å². The number of hydrogen-bond donors (Lipinski definition) is 4. The van der Waals surface area contributed by atoms with Gasteiger partial charge in [-0.1, -0.05) is 6.08 Å². The second-order valence-corrected chi connectivity index (χ2v) is 10.1. The predicted molar refractivity (Wildman–Crippen MR) is 147 cm³/mol. The molecule has 0 saturated carbocycles. The van der Waals surface area contributed by atoms with Crippen LogP contribution in [-0.4, -0.2) is 53.9 Å². The van der Waals surface area contributed by atoms with Crippen molar-refractivity contribution in [1.82, 2.24) is 25.6 Å². The van der Waals surface area contributed by atoms with E-state index in [1.54, 1.807) is 6.92 Å². The Morgan fingerprint density at radius 2 is 1.90 bits per heavy atom. The summed E-state index contributed by atoms with van der Waals surface area (Å²) in [6.07, 6.45) is -2.30. The summed E-state index contributed by atoms with van der Waals surface area (Å²) in [5.41, 5.74) is 2.21. The Bertz CT molecular complexity index is 1500. The molecular weight excluding hydrogens is 547 g/mol. The number of nitrogens with one attached hydrogen (secondary N) is 3. The molecule has 4 heterocycles. The number of allylic oxidation sites excluding steroid dienone is 1. The van der Waals surface area contributed by atoms with Gasteiger partial charge in [-0.3, -0.25) is 5.32 Å². The first-order valence-electron chi connectivity index (χ1n) is 13.3. The molecule has 9 nitrogen and oxygen atoms in total. The molecule has 14 heteroatoms. The van der Waals surface area contributed by atoms with Gasteiger partial charge in [0, 0.05) is 30.8 Å². The maximum Gasteiger partial charge on any atom is 0.417 e. The molecule has 5 rings (SSSR count). The average Bonchev–Trinajstić information content (AvgIpc) is 2.96. The lowest BCUT2D eigenvalue weighted by Crippen LogP contribution is -2.42. The number of nitrogen functional groups attached to an aromatic ring is 1. The summed E-state index contributed by atoms with van der Waals surface area (Å²) >= 11 is 0. The monoisotopic (exact) mass is 578 g/mol. The first-order valence-corrected chi connectivity index (χ1v) is 13.3. The number of halogens is 5. The minimum Gasteiger partial charge on any atom is -0.474 e. The van der Waals surface area contributed by atoms with Crippen LogP contribution in [0.5, 0.6) is 5.88 Å². The van der Waals surface area contributed by atoms with Gasteiger partial charge in [0.15, 0.2) is 5.82 Å². The van der Waals surface area contributed by atoms with E-state index in [0.717, 1.165) is 31.7 Å². The lowest BCUT2D eigenvalue weighted by molar-refractivity contribution is -0.137. The fourth-order valence-electron chi connectivity index (χ4n) is 5.02. The fourth-order valence-corrected chi connectivity index (χ4v) is 5.02. The zero-order valence-corrected chi connectivity index (χ0v) is 22.8. The molecule has 0 bridgehead atoms. The standard InChI is InChI=1S/C27H31F5N8O/c1-4-15-11-36-24-18-23(38-26(39-24)40-9-5-7-34-12-40)21(29)22(37-25(18)41-13(2)6-8-35-15)16-10-17(33)20(28)14(3)19(16)27(30,31)32/h4,10,13,34-35H,5-9,11-12,33H2,1-3H3,(H,36,38,39)/b15-4-/t13-/m0/s1. The third-order valence-electron chi connectivity index (χ3n) is 7.18. The molecule has 0 radical (unpaired) electrons. The number of nitrogens with zero attached hydrogens (tertiary/aromatic N) is 4. The molecule has 3 aromatic rings. The molecule has 2 aliphatic rings.